The zero-order valence-corrected chi connectivity index (χ0v) is 10.6. The molecule has 1 aromatic carbocycles. The van der Waals surface area contributed by atoms with E-state index in [0.717, 1.165) is 11.3 Å². The number of nitrogens with two attached hydrogens (primary N) is 1. The van der Waals surface area contributed by atoms with E-state index in [4.69, 9.17) is 5.73 Å². The zero-order chi connectivity index (χ0) is 13.1. The Balaban J connectivity index is 2.05. The maximum atomic E-state index is 12.0. The van der Waals surface area contributed by atoms with Crippen LogP contribution in [-0.2, 0) is 7.05 Å². The Morgan fingerprint density at radius 3 is 2.61 bits per heavy atom. The topological polar surface area (TPSA) is 60.9 Å². The number of nitrogens with zero attached hydrogens (tertiary/aromatic N) is 2. The Morgan fingerprint density at radius 1 is 1.39 bits per heavy atom. The van der Waals surface area contributed by atoms with Crippen LogP contribution in [-0.4, -0.2) is 15.6 Å². The predicted molar refractivity (Wildman–Crippen MR) is 71.4 cm³/mol. The molecule has 0 aliphatic carbocycles. The highest BCUT2D eigenvalue weighted by Crippen LogP contribution is 2.22. The van der Waals surface area contributed by atoms with Gasteiger partial charge in [-0.2, -0.15) is 5.10 Å². The standard InChI is InChI=1S/C14H17N3O/c1-10(11-3-5-13(15)6-4-11)7-14(18)12-8-16-17(2)9-12/h3-6,8-10H,7,15H2,1-2H3. The molecule has 1 aromatic heterocycles. The molecule has 0 fully saturated rings. The summed E-state index contributed by atoms with van der Waals surface area (Å²) in [4.78, 5) is 12.0. The van der Waals surface area contributed by atoms with Crippen LogP contribution in [0.25, 0.3) is 0 Å². The molecule has 2 aromatic rings. The van der Waals surface area contributed by atoms with Crippen molar-refractivity contribution in [1.29, 1.82) is 0 Å². The fourth-order valence-electron chi connectivity index (χ4n) is 1.90. The van der Waals surface area contributed by atoms with E-state index in [1.54, 1.807) is 24.1 Å². The second-order valence-electron chi connectivity index (χ2n) is 4.60. The quantitative estimate of drug-likeness (QED) is 0.662. The first-order valence-corrected chi connectivity index (χ1v) is 5.93. The minimum absolute atomic E-state index is 0.118. The van der Waals surface area contributed by atoms with Gasteiger partial charge in [0, 0.05) is 25.4 Å². The molecule has 0 amide bonds. The third kappa shape index (κ3) is 2.77. The first kappa shape index (κ1) is 12.4. The van der Waals surface area contributed by atoms with Gasteiger partial charge in [-0.15, -0.1) is 0 Å². The van der Waals surface area contributed by atoms with Gasteiger partial charge in [0.25, 0.3) is 0 Å². The molecule has 2 N–H and O–H groups in total. The lowest BCUT2D eigenvalue weighted by atomic mass is 9.94. The summed E-state index contributed by atoms with van der Waals surface area (Å²) in [5, 5.41) is 4.01. The molecule has 0 aliphatic rings. The van der Waals surface area contributed by atoms with Crippen molar-refractivity contribution in [3.63, 3.8) is 0 Å². The van der Waals surface area contributed by atoms with E-state index < -0.39 is 0 Å². The van der Waals surface area contributed by atoms with Gasteiger partial charge in [-0.3, -0.25) is 9.48 Å². The van der Waals surface area contributed by atoms with E-state index in [-0.39, 0.29) is 11.7 Å². The number of nitrogen functional groups attached to an aromatic ring is 1. The second-order valence-corrected chi connectivity index (χ2v) is 4.60. The van der Waals surface area contributed by atoms with Gasteiger partial charge in [-0.1, -0.05) is 19.1 Å². The van der Waals surface area contributed by atoms with E-state index in [9.17, 15) is 4.79 Å². The Hall–Kier alpha value is -2.10. The van der Waals surface area contributed by atoms with Crippen LogP contribution >= 0.6 is 0 Å². The normalized spacial score (nSPS) is 12.3. The number of benzene rings is 1. The van der Waals surface area contributed by atoms with Crippen molar-refractivity contribution >= 4 is 11.5 Å². The van der Waals surface area contributed by atoms with Gasteiger partial charge in [0.2, 0.25) is 0 Å². The van der Waals surface area contributed by atoms with E-state index in [1.807, 2.05) is 31.2 Å². The van der Waals surface area contributed by atoms with Gasteiger partial charge in [0.05, 0.1) is 11.8 Å². The smallest absolute Gasteiger partial charge is 0.166 e. The highest BCUT2D eigenvalue weighted by molar-refractivity contribution is 5.96. The number of carbonyl (C=O) groups excluding carboxylic acids is 1. The molecule has 4 nitrogen and oxygen atoms in total. The van der Waals surface area contributed by atoms with E-state index >= 15 is 0 Å². The Labute approximate surface area is 106 Å². The zero-order valence-electron chi connectivity index (χ0n) is 10.6. The highest BCUT2D eigenvalue weighted by Gasteiger charge is 2.14. The number of Topliss-reactive ketones (excluding diaryl/α,β-unsaturated/α-hetero) is 1. The van der Waals surface area contributed by atoms with Gasteiger partial charge < -0.3 is 5.73 Å². The Morgan fingerprint density at radius 2 is 2.06 bits per heavy atom. The van der Waals surface area contributed by atoms with E-state index in [0.29, 0.717) is 12.0 Å². The molecule has 4 heteroatoms. The van der Waals surface area contributed by atoms with Gasteiger partial charge in [0.15, 0.2) is 5.78 Å². The number of carbonyl (C=O) groups is 1. The van der Waals surface area contributed by atoms with Crippen molar-refractivity contribution in [3.05, 3.63) is 47.8 Å². The first-order chi connectivity index (χ1) is 8.56. The van der Waals surface area contributed by atoms with Gasteiger partial charge >= 0.3 is 0 Å². The van der Waals surface area contributed by atoms with Gasteiger partial charge in [-0.25, -0.2) is 0 Å². The number of aryl methyl sites for hydroxylation is 1. The molecule has 1 unspecified atom stereocenters. The Bertz CT molecular complexity index is 542. The van der Waals surface area contributed by atoms with E-state index in [1.165, 1.54) is 0 Å². The molecule has 0 saturated carbocycles. The van der Waals surface area contributed by atoms with Crippen LogP contribution in [0.2, 0.25) is 0 Å². The SMILES string of the molecule is CC(CC(=O)c1cnn(C)c1)c1ccc(N)cc1. The van der Waals surface area contributed by atoms with Crippen molar-refractivity contribution in [2.24, 2.45) is 7.05 Å². The van der Waals surface area contributed by atoms with Crippen molar-refractivity contribution < 1.29 is 4.79 Å². The molecule has 0 radical (unpaired) electrons. The fourth-order valence-corrected chi connectivity index (χ4v) is 1.90. The Kier molecular flexibility index (Phi) is 3.46. The number of hydrogen-bond acceptors (Lipinski definition) is 3. The number of hydrogen-bond donors (Lipinski definition) is 1. The lowest BCUT2D eigenvalue weighted by molar-refractivity contribution is 0.0975. The first-order valence-electron chi connectivity index (χ1n) is 5.93. The highest BCUT2D eigenvalue weighted by atomic mass is 16.1. The van der Waals surface area contributed by atoms with Crippen LogP contribution in [0, 0.1) is 0 Å². The van der Waals surface area contributed by atoms with Crippen LogP contribution in [0.15, 0.2) is 36.7 Å². The summed E-state index contributed by atoms with van der Waals surface area (Å²) in [5.41, 5.74) is 8.18. The molecule has 1 atom stereocenters. The molecule has 94 valence electrons. The summed E-state index contributed by atoms with van der Waals surface area (Å²) in [6, 6.07) is 7.66. The predicted octanol–water partition coefficient (Wildman–Crippen LogP) is 2.38. The summed E-state index contributed by atoms with van der Waals surface area (Å²) in [6.07, 6.45) is 3.84. The van der Waals surface area contributed by atoms with Crippen LogP contribution in [0.1, 0.15) is 35.2 Å². The summed E-state index contributed by atoms with van der Waals surface area (Å²) < 4.78 is 1.64. The molecular weight excluding hydrogens is 226 g/mol. The minimum atomic E-state index is 0.118. The largest absolute Gasteiger partial charge is 0.399 e. The summed E-state index contributed by atoms with van der Waals surface area (Å²) in [7, 11) is 1.81. The average molecular weight is 243 g/mol. The van der Waals surface area contributed by atoms with Crippen molar-refractivity contribution in [3.8, 4) is 0 Å². The summed E-state index contributed by atoms with van der Waals surface area (Å²) in [5.74, 6) is 0.297. The monoisotopic (exact) mass is 243 g/mol. The number of ketones is 1. The van der Waals surface area contributed by atoms with Crippen LogP contribution in [0.5, 0.6) is 0 Å². The summed E-state index contributed by atoms with van der Waals surface area (Å²) >= 11 is 0. The molecular formula is C14H17N3O. The third-order valence-electron chi connectivity index (χ3n) is 3.02. The molecule has 0 saturated heterocycles. The lowest BCUT2D eigenvalue weighted by Crippen LogP contribution is -2.04. The third-order valence-corrected chi connectivity index (χ3v) is 3.02. The maximum Gasteiger partial charge on any atom is 0.166 e. The molecule has 0 spiro atoms. The van der Waals surface area contributed by atoms with Gasteiger partial charge in [-0.05, 0) is 23.6 Å². The average Bonchev–Trinajstić information content (AvgIpc) is 2.76. The number of anilines is 1. The van der Waals surface area contributed by atoms with E-state index in [2.05, 4.69) is 5.10 Å². The lowest BCUT2D eigenvalue weighted by Gasteiger charge is -2.10. The molecule has 1 heterocycles. The van der Waals surface area contributed by atoms with Crippen LogP contribution in [0.3, 0.4) is 0 Å². The molecule has 0 aliphatic heterocycles. The molecule has 0 bridgehead atoms. The molecule has 18 heavy (non-hydrogen) atoms. The van der Waals surface area contributed by atoms with Crippen LogP contribution < -0.4 is 5.73 Å². The maximum absolute atomic E-state index is 12.0. The number of aromatic nitrogens is 2. The molecule has 2 rings (SSSR count). The van der Waals surface area contributed by atoms with Gasteiger partial charge in [0.1, 0.15) is 0 Å². The second kappa shape index (κ2) is 5.04. The van der Waals surface area contributed by atoms with Crippen molar-refractivity contribution in [1.82, 2.24) is 9.78 Å². The van der Waals surface area contributed by atoms with Crippen molar-refractivity contribution in [2.45, 2.75) is 19.3 Å². The van der Waals surface area contributed by atoms with Crippen LogP contribution in [0.4, 0.5) is 5.69 Å². The summed E-state index contributed by atoms with van der Waals surface area (Å²) in [6.45, 7) is 2.04. The fraction of sp³-hybridized carbons (Fsp3) is 0.286. The van der Waals surface area contributed by atoms with Crippen molar-refractivity contribution in [2.75, 3.05) is 5.73 Å². The minimum Gasteiger partial charge on any atom is -0.399 e. The number of rotatable bonds is 4.